The van der Waals surface area contributed by atoms with E-state index >= 15 is 0 Å². The van der Waals surface area contributed by atoms with E-state index < -0.39 is 0 Å². The SMILES string of the molecule is Cc1cccn2c(CC(=O)N3CCO[C@H](c4ccc(F)cc4)C3)cnc12. The molecule has 4 rings (SSSR count). The summed E-state index contributed by atoms with van der Waals surface area (Å²) in [5.41, 5.74) is 3.71. The van der Waals surface area contributed by atoms with Crippen LogP contribution in [0.5, 0.6) is 0 Å². The lowest BCUT2D eigenvalue weighted by molar-refractivity contribution is -0.138. The van der Waals surface area contributed by atoms with Gasteiger partial charge >= 0.3 is 0 Å². The zero-order valence-corrected chi connectivity index (χ0v) is 14.6. The van der Waals surface area contributed by atoms with E-state index in [-0.39, 0.29) is 17.8 Å². The van der Waals surface area contributed by atoms with Crippen LogP contribution in [0.2, 0.25) is 0 Å². The molecule has 5 nitrogen and oxygen atoms in total. The Kier molecular flexibility index (Phi) is 4.42. The first kappa shape index (κ1) is 16.7. The Morgan fingerprint density at radius 2 is 2.12 bits per heavy atom. The summed E-state index contributed by atoms with van der Waals surface area (Å²) in [6.07, 6.45) is 3.76. The molecule has 0 N–H and O–H groups in total. The Balaban J connectivity index is 1.49. The van der Waals surface area contributed by atoms with E-state index in [9.17, 15) is 9.18 Å². The standard InChI is InChI=1S/C20H20FN3O2/c1-14-3-2-8-24-17(12-22-20(14)24)11-19(25)23-9-10-26-18(13-23)15-4-6-16(21)7-5-15/h2-8,12,18H,9-11,13H2,1H3/t18-/m0/s1. The van der Waals surface area contributed by atoms with Gasteiger partial charge in [0.25, 0.3) is 0 Å². The van der Waals surface area contributed by atoms with Crippen molar-refractivity contribution in [2.45, 2.75) is 19.4 Å². The summed E-state index contributed by atoms with van der Waals surface area (Å²) in [6.45, 7) is 3.51. The van der Waals surface area contributed by atoms with Crippen LogP contribution in [0.3, 0.4) is 0 Å². The third-order valence-corrected chi connectivity index (χ3v) is 4.80. The minimum Gasteiger partial charge on any atom is -0.370 e. The van der Waals surface area contributed by atoms with E-state index in [0.29, 0.717) is 26.1 Å². The molecule has 1 fully saturated rings. The van der Waals surface area contributed by atoms with Crippen molar-refractivity contribution in [3.05, 3.63) is 71.4 Å². The zero-order chi connectivity index (χ0) is 18.1. The molecule has 0 saturated carbocycles. The van der Waals surface area contributed by atoms with Gasteiger partial charge in [0.2, 0.25) is 5.91 Å². The summed E-state index contributed by atoms with van der Waals surface area (Å²) < 4.78 is 20.8. The van der Waals surface area contributed by atoms with Crippen molar-refractivity contribution in [2.24, 2.45) is 0 Å². The first-order chi connectivity index (χ1) is 12.6. The average molecular weight is 353 g/mol. The number of hydrogen-bond donors (Lipinski definition) is 0. The van der Waals surface area contributed by atoms with Crippen molar-refractivity contribution < 1.29 is 13.9 Å². The molecule has 1 aromatic carbocycles. The number of amides is 1. The first-order valence-corrected chi connectivity index (χ1v) is 8.68. The molecule has 0 spiro atoms. The molecule has 1 saturated heterocycles. The molecule has 0 bridgehead atoms. The van der Waals surface area contributed by atoms with Crippen LogP contribution < -0.4 is 0 Å². The molecule has 3 heterocycles. The normalized spacial score (nSPS) is 17.6. The molecule has 0 radical (unpaired) electrons. The molecule has 26 heavy (non-hydrogen) atoms. The van der Waals surface area contributed by atoms with Gasteiger partial charge in [0.05, 0.1) is 25.3 Å². The van der Waals surface area contributed by atoms with Gasteiger partial charge in [-0.05, 0) is 36.2 Å². The van der Waals surface area contributed by atoms with Gasteiger partial charge in [-0.15, -0.1) is 0 Å². The average Bonchev–Trinajstić information content (AvgIpc) is 3.07. The fourth-order valence-electron chi connectivity index (χ4n) is 3.35. The van der Waals surface area contributed by atoms with Gasteiger partial charge in [-0.3, -0.25) is 4.79 Å². The molecule has 3 aromatic rings. The zero-order valence-electron chi connectivity index (χ0n) is 14.6. The van der Waals surface area contributed by atoms with E-state index in [1.54, 1.807) is 18.3 Å². The lowest BCUT2D eigenvalue weighted by atomic mass is 10.1. The summed E-state index contributed by atoms with van der Waals surface area (Å²) in [4.78, 5) is 19.0. The highest BCUT2D eigenvalue weighted by molar-refractivity contribution is 5.78. The second-order valence-electron chi connectivity index (χ2n) is 6.56. The van der Waals surface area contributed by atoms with Gasteiger partial charge < -0.3 is 14.0 Å². The van der Waals surface area contributed by atoms with Gasteiger partial charge in [-0.2, -0.15) is 0 Å². The van der Waals surface area contributed by atoms with Crippen LogP contribution in [0.15, 0.2) is 48.8 Å². The Morgan fingerprint density at radius 3 is 2.92 bits per heavy atom. The number of carbonyl (C=O) groups is 1. The summed E-state index contributed by atoms with van der Waals surface area (Å²) in [5, 5.41) is 0. The lowest BCUT2D eigenvalue weighted by Gasteiger charge is -2.33. The summed E-state index contributed by atoms with van der Waals surface area (Å²) in [7, 11) is 0. The van der Waals surface area contributed by atoms with Crippen molar-refractivity contribution in [1.82, 2.24) is 14.3 Å². The third kappa shape index (κ3) is 3.20. The highest BCUT2D eigenvalue weighted by atomic mass is 19.1. The molecule has 134 valence electrons. The number of halogens is 1. The minimum absolute atomic E-state index is 0.0451. The molecule has 1 aliphatic heterocycles. The van der Waals surface area contributed by atoms with Gasteiger partial charge in [-0.1, -0.05) is 18.2 Å². The molecule has 6 heteroatoms. The maximum Gasteiger partial charge on any atom is 0.228 e. The Morgan fingerprint density at radius 1 is 1.31 bits per heavy atom. The van der Waals surface area contributed by atoms with Crippen LogP contribution in [-0.4, -0.2) is 39.9 Å². The minimum atomic E-state index is -0.277. The molecule has 1 amide bonds. The number of nitrogens with zero attached hydrogens (tertiary/aromatic N) is 3. The van der Waals surface area contributed by atoms with E-state index in [4.69, 9.17) is 4.74 Å². The second-order valence-corrected chi connectivity index (χ2v) is 6.56. The number of morpholine rings is 1. The second kappa shape index (κ2) is 6.88. The number of benzene rings is 1. The Hall–Kier alpha value is -2.73. The third-order valence-electron chi connectivity index (χ3n) is 4.80. The van der Waals surface area contributed by atoms with E-state index in [1.165, 1.54) is 12.1 Å². The van der Waals surface area contributed by atoms with Crippen LogP contribution in [0.1, 0.15) is 22.9 Å². The van der Waals surface area contributed by atoms with Gasteiger partial charge in [0.15, 0.2) is 0 Å². The topological polar surface area (TPSA) is 46.8 Å². The number of rotatable bonds is 3. The van der Waals surface area contributed by atoms with Crippen molar-refractivity contribution in [3.63, 3.8) is 0 Å². The predicted molar refractivity (Wildman–Crippen MR) is 95.3 cm³/mol. The lowest BCUT2D eigenvalue weighted by Crippen LogP contribution is -2.43. The number of imidazole rings is 1. The highest BCUT2D eigenvalue weighted by Gasteiger charge is 2.26. The number of pyridine rings is 1. The van der Waals surface area contributed by atoms with Crippen LogP contribution in [-0.2, 0) is 16.0 Å². The largest absolute Gasteiger partial charge is 0.370 e. The maximum atomic E-state index is 13.1. The fraction of sp³-hybridized carbons (Fsp3) is 0.300. The van der Waals surface area contributed by atoms with Crippen LogP contribution in [0, 0.1) is 12.7 Å². The van der Waals surface area contributed by atoms with Crippen molar-refractivity contribution in [1.29, 1.82) is 0 Å². The molecule has 0 aliphatic carbocycles. The molecule has 0 unspecified atom stereocenters. The monoisotopic (exact) mass is 353 g/mol. The van der Waals surface area contributed by atoms with E-state index in [0.717, 1.165) is 22.5 Å². The highest BCUT2D eigenvalue weighted by Crippen LogP contribution is 2.23. The first-order valence-electron chi connectivity index (χ1n) is 8.68. The van der Waals surface area contributed by atoms with Gasteiger partial charge in [0, 0.05) is 18.9 Å². The van der Waals surface area contributed by atoms with Crippen LogP contribution in [0.4, 0.5) is 4.39 Å². The number of fused-ring (bicyclic) bond motifs is 1. The van der Waals surface area contributed by atoms with Crippen LogP contribution >= 0.6 is 0 Å². The molecule has 1 atom stereocenters. The smallest absolute Gasteiger partial charge is 0.228 e. The van der Waals surface area contributed by atoms with Gasteiger partial charge in [0.1, 0.15) is 17.6 Å². The van der Waals surface area contributed by atoms with E-state index in [1.807, 2.05) is 34.6 Å². The molecule has 1 aliphatic rings. The van der Waals surface area contributed by atoms with Crippen molar-refractivity contribution in [3.8, 4) is 0 Å². The molecular formula is C20H20FN3O2. The number of ether oxygens (including phenoxy) is 1. The number of aromatic nitrogens is 2. The number of aryl methyl sites for hydroxylation is 1. The molecular weight excluding hydrogens is 333 g/mol. The molecule has 2 aromatic heterocycles. The Bertz CT molecular complexity index is 936. The summed E-state index contributed by atoms with van der Waals surface area (Å²) in [6, 6.07) is 10.2. The van der Waals surface area contributed by atoms with Crippen molar-refractivity contribution in [2.75, 3.05) is 19.7 Å². The maximum absolute atomic E-state index is 13.1. The number of carbonyl (C=O) groups excluding carboxylic acids is 1. The van der Waals surface area contributed by atoms with Crippen LogP contribution in [0.25, 0.3) is 5.65 Å². The van der Waals surface area contributed by atoms with Gasteiger partial charge in [-0.25, -0.2) is 9.37 Å². The summed E-state index contributed by atoms with van der Waals surface area (Å²) in [5.74, 6) is -0.232. The van der Waals surface area contributed by atoms with Crippen molar-refractivity contribution >= 4 is 11.6 Å². The Labute approximate surface area is 151 Å². The summed E-state index contributed by atoms with van der Waals surface area (Å²) >= 11 is 0. The number of hydrogen-bond acceptors (Lipinski definition) is 3. The predicted octanol–water partition coefficient (Wildman–Crippen LogP) is 2.92. The quantitative estimate of drug-likeness (QED) is 0.727. The van der Waals surface area contributed by atoms with E-state index in [2.05, 4.69) is 4.98 Å². The fourth-order valence-corrected chi connectivity index (χ4v) is 3.35.